The standard InChI is InChI=1S/C17H25N5O/c1-13-12-16(22(4)20-13)19-15-9-6-5-8-14(15)17(23)18-10-7-11-21(2)3/h5-6,8-9,12,19H,7,10-11H2,1-4H3,(H,18,23). The van der Waals surface area contributed by atoms with Crippen LogP contribution in [0.25, 0.3) is 0 Å². The van der Waals surface area contributed by atoms with Crippen molar-refractivity contribution in [3.8, 4) is 0 Å². The Morgan fingerprint density at radius 2 is 2.04 bits per heavy atom. The Bertz CT molecular complexity index is 663. The molecule has 2 N–H and O–H groups in total. The average molecular weight is 315 g/mol. The lowest BCUT2D eigenvalue weighted by Crippen LogP contribution is -2.27. The van der Waals surface area contributed by atoms with Gasteiger partial charge in [-0.3, -0.25) is 9.48 Å². The minimum atomic E-state index is -0.0641. The van der Waals surface area contributed by atoms with Crippen LogP contribution >= 0.6 is 0 Å². The summed E-state index contributed by atoms with van der Waals surface area (Å²) in [5.41, 5.74) is 2.34. The molecule has 1 amide bonds. The molecule has 1 aromatic heterocycles. The van der Waals surface area contributed by atoms with Crippen LogP contribution in [-0.4, -0.2) is 47.8 Å². The van der Waals surface area contributed by atoms with E-state index in [1.54, 1.807) is 4.68 Å². The second kappa shape index (κ2) is 7.78. The number of carbonyl (C=O) groups is 1. The maximum absolute atomic E-state index is 12.4. The van der Waals surface area contributed by atoms with Crippen molar-refractivity contribution in [2.75, 3.05) is 32.5 Å². The van der Waals surface area contributed by atoms with E-state index in [0.717, 1.165) is 30.2 Å². The summed E-state index contributed by atoms with van der Waals surface area (Å²) in [7, 11) is 5.92. The summed E-state index contributed by atoms with van der Waals surface area (Å²) in [6.07, 6.45) is 0.926. The first-order valence-corrected chi connectivity index (χ1v) is 7.77. The van der Waals surface area contributed by atoms with Crippen LogP contribution in [0.3, 0.4) is 0 Å². The van der Waals surface area contributed by atoms with E-state index in [9.17, 15) is 4.79 Å². The van der Waals surface area contributed by atoms with Gasteiger partial charge < -0.3 is 15.5 Å². The zero-order chi connectivity index (χ0) is 16.8. The van der Waals surface area contributed by atoms with Crippen LogP contribution in [0.15, 0.2) is 30.3 Å². The first kappa shape index (κ1) is 17.0. The van der Waals surface area contributed by atoms with Gasteiger partial charge in [-0.05, 0) is 46.1 Å². The van der Waals surface area contributed by atoms with Gasteiger partial charge in [0.1, 0.15) is 5.82 Å². The molecule has 0 saturated carbocycles. The van der Waals surface area contributed by atoms with Crippen molar-refractivity contribution >= 4 is 17.4 Å². The summed E-state index contributed by atoms with van der Waals surface area (Å²) in [5, 5.41) is 10.6. The third-order valence-corrected chi connectivity index (χ3v) is 3.50. The smallest absolute Gasteiger partial charge is 0.253 e. The second-order valence-electron chi connectivity index (χ2n) is 5.88. The number of hydrogen-bond donors (Lipinski definition) is 2. The largest absolute Gasteiger partial charge is 0.352 e. The number of nitrogens with one attached hydrogen (secondary N) is 2. The predicted octanol–water partition coefficient (Wildman–Crippen LogP) is 2.15. The van der Waals surface area contributed by atoms with Gasteiger partial charge in [0.25, 0.3) is 5.91 Å². The van der Waals surface area contributed by atoms with Gasteiger partial charge in [-0.25, -0.2) is 0 Å². The van der Waals surface area contributed by atoms with Gasteiger partial charge in [0.15, 0.2) is 0 Å². The number of hydrogen-bond acceptors (Lipinski definition) is 4. The molecule has 0 aliphatic carbocycles. The predicted molar refractivity (Wildman–Crippen MR) is 93.2 cm³/mol. The Hall–Kier alpha value is -2.34. The van der Waals surface area contributed by atoms with Crippen molar-refractivity contribution in [2.45, 2.75) is 13.3 Å². The molecule has 23 heavy (non-hydrogen) atoms. The number of aryl methyl sites for hydroxylation is 2. The molecule has 1 aromatic carbocycles. The summed E-state index contributed by atoms with van der Waals surface area (Å²) in [6.45, 7) is 3.55. The number of aromatic nitrogens is 2. The molecule has 1 heterocycles. The fraction of sp³-hybridized carbons (Fsp3) is 0.412. The van der Waals surface area contributed by atoms with Crippen molar-refractivity contribution in [1.82, 2.24) is 20.0 Å². The van der Waals surface area contributed by atoms with Gasteiger partial charge in [0.2, 0.25) is 0 Å². The molecular formula is C17H25N5O. The Kier molecular flexibility index (Phi) is 5.76. The van der Waals surface area contributed by atoms with E-state index < -0.39 is 0 Å². The van der Waals surface area contributed by atoms with Crippen molar-refractivity contribution in [2.24, 2.45) is 7.05 Å². The van der Waals surface area contributed by atoms with Crippen LogP contribution in [0.2, 0.25) is 0 Å². The minimum absolute atomic E-state index is 0.0641. The van der Waals surface area contributed by atoms with Gasteiger partial charge in [0.05, 0.1) is 16.9 Å². The SMILES string of the molecule is Cc1cc(Nc2ccccc2C(=O)NCCCN(C)C)n(C)n1. The van der Waals surface area contributed by atoms with Crippen LogP contribution in [0.5, 0.6) is 0 Å². The highest BCUT2D eigenvalue weighted by molar-refractivity contribution is 6.00. The van der Waals surface area contributed by atoms with Gasteiger partial charge in [0, 0.05) is 19.7 Å². The first-order chi connectivity index (χ1) is 11.0. The molecule has 0 atom stereocenters. The van der Waals surface area contributed by atoms with Crippen LogP contribution in [0.4, 0.5) is 11.5 Å². The van der Waals surface area contributed by atoms with E-state index in [-0.39, 0.29) is 5.91 Å². The quantitative estimate of drug-likeness (QED) is 0.769. The maximum Gasteiger partial charge on any atom is 0.253 e. The number of nitrogens with zero attached hydrogens (tertiary/aromatic N) is 3. The third kappa shape index (κ3) is 4.82. The number of rotatable bonds is 7. The summed E-state index contributed by atoms with van der Waals surface area (Å²) in [6, 6.07) is 9.46. The van der Waals surface area contributed by atoms with E-state index in [2.05, 4.69) is 20.6 Å². The Morgan fingerprint density at radius 3 is 2.70 bits per heavy atom. The molecule has 6 heteroatoms. The van der Waals surface area contributed by atoms with E-state index >= 15 is 0 Å². The van der Waals surface area contributed by atoms with Gasteiger partial charge in [-0.15, -0.1) is 0 Å². The van der Waals surface area contributed by atoms with Crippen molar-refractivity contribution in [3.63, 3.8) is 0 Å². The third-order valence-electron chi connectivity index (χ3n) is 3.50. The van der Waals surface area contributed by atoms with Crippen LogP contribution in [0.1, 0.15) is 22.5 Å². The highest BCUT2D eigenvalue weighted by Crippen LogP contribution is 2.21. The first-order valence-electron chi connectivity index (χ1n) is 7.77. The maximum atomic E-state index is 12.4. The van der Waals surface area contributed by atoms with Gasteiger partial charge in [-0.2, -0.15) is 5.10 Å². The van der Waals surface area contributed by atoms with Gasteiger partial charge in [-0.1, -0.05) is 12.1 Å². The number of amides is 1. The normalized spacial score (nSPS) is 10.8. The van der Waals surface area contributed by atoms with Gasteiger partial charge >= 0.3 is 0 Å². The van der Waals surface area contributed by atoms with Crippen LogP contribution in [-0.2, 0) is 7.05 Å². The van der Waals surface area contributed by atoms with Crippen molar-refractivity contribution in [3.05, 3.63) is 41.6 Å². The topological polar surface area (TPSA) is 62.2 Å². The second-order valence-corrected chi connectivity index (χ2v) is 5.88. The van der Waals surface area contributed by atoms with E-state index in [1.807, 2.05) is 58.4 Å². The Balaban J connectivity index is 2.05. The summed E-state index contributed by atoms with van der Waals surface area (Å²) >= 11 is 0. The van der Waals surface area contributed by atoms with E-state index in [0.29, 0.717) is 12.1 Å². The Morgan fingerprint density at radius 1 is 1.30 bits per heavy atom. The van der Waals surface area contributed by atoms with E-state index in [1.165, 1.54) is 0 Å². The molecule has 2 rings (SSSR count). The van der Waals surface area contributed by atoms with Crippen LogP contribution < -0.4 is 10.6 Å². The molecule has 0 aliphatic rings. The zero-order valence-electron chi connectivity index (χ0n) is 14.3. The molecule has 0 unspecified atom stereocenters. The molecule has 0 aliphatic heterocycles. The summed E-state index contributed by atoms with van der Waals surface area (Å²) in [5.74, 6) is 0.793. The lowest BCUT2D eigenvalue weighted by Gasteiger charge is -2.13. The summed E-state index contributed by atoms with van der Waals surface area (Å²) in [4.78, 5) is 14.5. The molecule has 0 saturated heterocycles. The number of anilines is 2. The zero-order valence-corrected chi connectivity index (χ0v) is 14.3. The highest BCUT2D eigenvalue weighted by atomic mass is 16.1. The van der Waals surface area contributed by atoms with Crippen molar-refractivity contribution < 1.29 is 4.79 Å². The van der Waals surface area contributed by atoms with E-state index in [4.69, 9.17) is 0 Å². The molecule has 124 valence electrons. The molecule has 0 radical (unpaired) electrons. The molecule has 0 bridgehead atoms. The lowest BCUT2D eigenvalue weighted by atomic mass is 10.1. The molecule has 0 spiro atoms. The minimum Gasteiger partial charge on any atom is -0.352 e. The summed E-state index contributed by atoms with van der Waals surface area (Å²) < 4.78 is 1.76. The molecule has 2 aromatic rings. The van der Waals surface area contributed by atoms with Crippen LogP contribution in [0, 0.1) is 6.92 Å². The fourth-order valence-electron chi connectivity index (χ4n) is 2.35. The lowest BCUT2D eigenvalue weighted by molar-refractivity contribution is 0.0953. The van der Waals surface area contributed by atoms with Crippen molar-refractivity contribution in [1.29, 1.82) is 0 Å². The fourth-order valence-corrected chi connectivity index (χ4v) is 2.35. The average Bonchev–Trinajstić information content (AvgIpc) is 2.81. The molecular weight excluding hydrogens is 290 g/mol. The molecule has 6 nitrogen and oxygen atoms in total. The number of carbonyl (C=O) groups excluding carboxylic acids is 1. The number of benzene rings is 1. The highest BCUT2D eigenvalue weighted by Gasteiger charge is 2.12. The number of para-hydroxylation sites is 1. The monoisotopic (exact) mass is 315 g/mol. The Labute approximate surface area is 137 Å². The molecule has 0 fully saturated rings.